The zero-order valence-corrected chi connectivity index (χ0v) is 17.8. The molecule has 0 radical (unpaired) electrons. The standard InChI is InChI=1S/C24H17N3O4S/c1-30-16-9-10-21-19(12-16)26-24(32-21)27(13-15-6-4-5-11-25-15)23(29)18-14-31-20-8-3-2-7-17(20)22(18)28/h2-12,14H,13H2,1H3. The topological polar surface area (TPSA) is 85.5 Å². The fourth-order valence-corrected chi connectivity index (χ4v) is 4.33. The van der Waals surface area contributed by atoms with Gasteiger partial charge in [-0.25, -0.2) is 4.98 Å². The number of aromatic nitrogens is 2. The first kappa shape index (κ1) is 19.9. The molecule has 0 bridgehead atoms. The highest BCUT2D eigenvalue weighted by Crippen LogP contribution is 2.32. The molecule has 158 valence electrons. The number of nitrogens with zero attached hydrogens (tertiary/aromatic N) is 3. The van der Waals surface area contributed by atoms with Gasteiger partial charge in [-0.3, -0.25) is 19.5 Å². The second-order valence-corrected chi connectivity index (χ2v) is 8.03. The number of anilines is 1. The summed E-state index contributed by atoms with van der Waals surface area (Å²) in [6, 6.07) is 17.9. The second-order valence-electron chi connectivity index (χ2n) is 7.02. The molecule has 0 aliphatic rings. The number of pyridine rings is 1. The number of ether oxygens (including phenoxy) is 1. The van der Waals surface area contributed by atoms with Crippen LogP contribution in [0.5, 0.6) is 5.75 Å². The lowest BCUT2D eigenvalue weighted by atomic mass is 10.1. The Labute approximate surface area is 186 Å². The van der Waals surface area contributed by atoms with Crippen LogP contribution >= 0.6 is 11.3 Å². The normalized spacial score (nSPS) is 11.0. The molecule has 7 nitrogen and oxygen atoms in total. The van der Waals surface area contributed by atoms with Crippen LogP contribution in [0.3, 0.4) is 0 Å². The zero-order chi connectivity index (χ0) is 22.1. The van der Waals surface area contributed by atoms with Crippen LogP contribution in [0, 0.1) is 0 Å². The Balaban J connectivity index is 1.62. The van der Waals surface area contributed by atoms with Crippen molar-refractivity contribution in [1.82, 2.24) is 9.97 Å². The van der Waals surface area contributed by atoms with Gasteiger partial charge in [0.25, 0.3) is 5.91 Å². The number of carbonyl (C=O) groups excluding carboxylic acids is 1. The summed E-state index contributed by atoms with van der Waals surface area (Å²) in [5.41, 5.74) is 1.36. The van der Waals surface area contributed by atoms with Gasteiger partial charge in [0.05, 0.1) is 35.0 Å². The first-order valence-corrected chi connectivity index (χ1v) is 10.6. The van der Waals surface area contributed by atoms with E-state index in [0.717, 1.165) is 4.70 Å². The van der Waals surface area contributed by atoms with Crippen molar-refractivity contribution in [1.29, 1.82) is 0 Å². The van der Waals surface area contributed by atoms with Crippen LogP contribution in [0.2, 0.25) is 0 Å². The summed E-state index contributed by atoms with van der Waals surface area (Å²) in [4.78, 5) is 37.1. The lowest BCUT2D eigenvalue weighted by molar-refractivity contribution is 0.0982. The van der Waals surface area contributed by atoms with Crippen LogP contribution in [0.25, 0.3) is 21.2 Å². The largest absolute Gasteiger partial charge is 0.497 e. The Morgan fingerprint density at radius 1 is 1.12 bits per heavy atom. The average molecular weight is 443 g/mol. The maximum absolute atomic E-state index is 13.6. The molecule has 1 amide bonds. The molecule has 0 saturated heterocycles. The molecule has 0 spiro atoms. The van der Waals surface area contributed by atoms with Gasteiger partial charge in [-0.2, -0.15) is 0 Å². The Hall–Kier alpha value is -4.04. The molecular weight excluding hydrogens is 426 g/mol. The molecule has 0 saturated carbocycles. The molecule has 0 aliphatic carbocycles. The van der Waals surface area contributed by atoms with E-state index in [1.807, 2.05) is 30.3 Å². The molecule has 0 unspecified atom stereocenters. The summed E-state index contributed by atoms with van der Waals surface area (Å²) in [5.74, 6) is 0.174. The van der Waals surface area contributed by atoms with Gasteiger partial charge in [0.15, 0.2) is 5.13 Å². The van der Waals surface area contributed by atoms with Gasteiger partial charge < -0.3 is 9.15 Å². The lowest BCUT2D eigenvalue weighted by Crippen LogP contribution is -2.34. The van der Waals surface area contributed by atoms with E-state index >= 15 is 0 Å². The number of amides is 1. The number of methoxy groups -OCH3 is 1. The predicted molar refractivity (Wildman–Crippen MR) is 123 cm³/mol. The maximum Gasteiger partial charge on any atom is 0.267 e. The summed E-state index contributed by atoms with van der Waals surface area (Å²) in [6.45, 7) is 0.156. The highest BCUT2D eigenvalue weighted by atomic mass is 32.1. The van der Waals surface area contributed by atoms with Crippen LogP contribution in [-0.4, -0.2) is 23.0 Å². The maximum atomic E-state index is 13.6. The molecular formula is C24H17N3O4S. The van der Waals surface area contributed by atoms with E-state index in [-0.39, 0.29) is 17.5 Å². The molecule has 3 heterocycles. The zero-order valence-electron chi connectivity index (χ0n) is 17.0. The van der Waals surface area contributed by atoms with Gasteiger partial charge in [-0.05, 0) is 36.4 Å². The third kappa shape index (κ3) is 3.61. The summed E-state index contributed by atoms with van der Waals surface area (Å²) >= 11 is 1.35. The van der Waals surface area contributed by atoms with E-state index in [4.69, 9.17) is 9.15 Å². The number of fused-ring (bicyclic) bond motifs is 2. The quantitative estimate of drug-likeness (QED) is 0.393. The predicted octanol–water partition coefficient (Wildman–Crippen LogP) is 4.65. The molecule has 5 aromatic rings. The van der Waals surface area contributed by atoms with Crippen LogP contribution in [-0.2, 0) is 6.54 Å². The van der Waals surface area contributed by atoms with Crippen molar-refractivity contribution >= 4 is 43.6 Å². The Morgan fingerprint density at radius 2 is 1.97 bits per heavy atom. The summed E-state index contributed by atoms with van der Waals surface area (Å²) in [5, 5.41) is 0.807. The van der Waals surface area contributed by atoms with Gasteiger partial charge >= 0.3 is 0 Å². The van der Waals surface area contributed by atoms with Gasteiger partial charge in [0, 0.05) is 12.3 Å². The fourth-order valence-electron chi connectivity index (χ4n) is 3.39. The van der Waals surface area contributed by atoms with Crippen LogP contribution in [0.4, 0.5) is 5.13 Å². The van der Waals surface area contributed by atoms with Crippen LogP contribution < -0.4 is 15.1 Å². The summed E-state index contributed by atoms with van der Waals surface area (Å²) in [6.07, 6.45) is 2.88. The number of carbonyl (C=O) groups is 1. The van der Waals surface area contributed by atoms with E-state index in [1.54, 1.807) is 43.6 Å². The number of rotatable bonds is 5. The highest BCUT2D eigenvalue weighted by Gasteiger charge is 2.25. The Bertz CT molecular complexity index is 1490. The van der Waals surface area contributed by atoms with Crippen molar-refractivity contribution in [2.75, 3.05) is 12.0 Å². The highest BCUT2D eigenvalue weighted by molar-refractivity contribution is 7.22. The second kappa shape index (κ2) is 8.24. The molecule has 5 rings (SSSR count). The first-order chi connectivity index (χ1) is 15.6. The van der Waals surface area contributed by atoms with E-state index in [9.17, 15) is 9.59 Å². The van der Waals surface area contributed by atoms with Crippen molar-refractivity contribution < 1.29 is 13.9 Å². The van der Waals surface area contributed by atoms with E-state index in [2.05, 4.69) is 9.97 Å². The van der Waals surface area contributed by atoms with Crippen molar-refractivity contribution in [2.24, 2.45) is 0 Å². The van der Waals surface area contributed by atoms with E-state index in [0.29, 0.717) is 33.1 Å². The van der Waals surface area contributed by atoms with Gasteiger partial charge in [-0.15, -0.1) is 0 Å². The number of benzene rings is 2. The van der Waals surface area contributed by atoms with Crippen LogP contribution in [0.15, 0.2) is 82.3 Å². The van der Waals surface area contributed by atoms with Crippen molar-refractivity contribution in [3.05, 3.63) is 94.6 Å². The molecule has 2 aromatic carbocycles. The minimum absolute atomic E-state index is 0.0588. The molecule has 0 atom stereocenters. The van der Waals surface area contributed by atoms with Gasteiger partial charge in [-0.1, -0.05) is 29.5 Å². The SMILES string of the molecule is COc1ccc2sc(N(Cc3ccccn3)C(=O)c3coc4ccccc4c3=O)nc2c1. The van der Waals surface area contributed by atoms with E-state index in [1.165, 1.54) is 22.5 Å². The Morgan fingerprint density at radius 3 is 2.78 bits per heavy atom. The summed E-state index contributed by atoms with van der Waals surface area (Å²) in [7, 11) is 1.59. The van der Waals surface area contributed by atoms with Gasteiger partial charge in [0.1, 0.15) is 23.2 Å². The summed E-state index contributed by atoms with van der Waals surface area (Å²) < 4.78 is 11.7. The fraction of sp³-hybridized carbons (Fsp3) is 0.0833. The number of hydrogen-bond acceptors (Lipinski definition) is 7. The molecule has 8 heteroatoms. The lowest BCUT2D eigenvalue weighted by Gasteiger charge is -2.19. The molecule has 0 fully saturated rings. The third-order valence-corrected chi connectivity index (χ3v) is 6.08. The Kier molecular flexibility index (Phi) is 5.12. The molecule has 0 aliphatic heterocycles. The van der Waals surface area contributed by atoms with Gasteiger partial charge in [0.2, 0.25) is 5.43 Å². The molecule has 32 heavy (non-hydrogen) atoms. The average Bonchev–Trinajstić information content (AvgIpc) is 3.26. The molecule has 3 aromatic heterocycles. The molecule has 0 N–H and O–H groups in total. The first-order valence-electron chi connectivity index (χ1n) is 9.81. The van der Waals surface area contributed by atoms with Crippen LogP contribution in [0.1, 0.15) is 16.1 Å². The van der Waals surface area contributed by atoms with Crippen molar-refractivity contribution in [3.63, 3.8) is 0 Å². The number of thiazole rings is 1. The monoisotopic (exact) mass is 443 g/mol. The minimum Gasteiger partial charge on any atom is -0.497 e. The van der Waals surface area contributed by atoms with E-state index < -0.39 is 5.91 Å². The number of hydrogen-bond donors (Lipinski definition) is 0. The minimum atomic E-state index is -0.499. The van der Waals surface area contributed by atoms with Crippen molar-refractivity contribution in [2.45, 2.75) is 6.54 Å². The third-order valence-electron chi connectivity index (χ3n) is 5.02. The smallest absolute Gasteiger partial charge is 0.267 e. The van der Waals surface area contributed by atoms with Crippen molar-refractivity contribution in [3.8, 4) is 5.75 Å². The number of para-hydroxylation sites is 1.